The van der Waals surface area contributed by atoms with Gasteiger partial charge in [-0.3, -0.25) is 4.57 Å². The van der Waals surface area contributed by atoms with Gasteiger partial charge in [-0.25, -0.2) is 15.0 Å². The largest absolute Gasteiger partial charge is 0.275 e. The van der Waals surface area contributed by atoms with Crippen molar-refractivity contribution < 1.29 is 0 Å². The molecule has 4 heteroatoms. The zero-order valence-corrected chi connectivity index (χ0v) is 18.5. The maximum Gasteiger partial charge on any atom is 0.260 e. The first-order valence-corrected chi connectivity index (χ1v) is 11.3. The van der Waals surface area contributed by atoms with Crippen LogP contribution in [-0.4, -0.2) is 22.0 Å². The Morgan fingerprint density at radius 2 is 0.971 bits per heavy atom. The molecule has 1 aromatic heterocycles. The number of aromatic nitrogens is 2. The molecule has 34 heavy (non-hydrogen) atoms. The fourth-order valence-corrected chi connectivity index (χ4v) is 4.53. The topological polar surface area (TPSA) is 42.5 Å². The van der Waals surface area contributed by atoms with Crippen molar-refractivity contribution in [1.82, 2.24) is 9.55 Å². The van der Waals surface area contributed by atoms with E-state index in [1.54, 1.807) is 12.4 Å². The Labute approximate surface area is 198 Å². The molecule has 0 spiro atoms. The molecule has 0 radical (unpaired) electrons. The molecule has 0 amide bonds. The van der Waals surface area contributed by atoms with E-state index in [1.807, 2.05) is 60.7 Å². The third-order valence-corrected chi connectivity index (χ3v) is 6.05. The van der Waals surface area contributed by atoms with Crippen molar-refractivity contribution in [2.45, 2.75) is 5.79 Å². The van der Waals surface area contributed by atoms with Crippen LogP contribution in [-0.2, 0) is 5.79 Å². The van der Waals surface area contributed by atoms with E-state index in [1.165, 1.54) is 0 Å². The minimum absolute atomic E-state index is 0.818. The van der Waals surface area contributed by atoms with Gasteiger partial charge in [-0.15, -0.1) is 0 Å². The minimum atomic E-state index is -0.988. The second-order valence-electron chi connectivity index (χ2n) is 8.12. The molecule has 0 N–H and O–H groups in total. The van der Waals surface area contributed by atoms with Gasteiger partial charge in [0.1, 0.15) is 5.82 Å². The van der Waals surface area contributed by atoms with Gasteiger partial charge in [0, 0.05) is 34.7 Å². The molecule has 0 bridgehead atoms. The molecular formula is C30H22N4. The molecule has 162 valence electrons. The zero-order valence-electron chi connectivity index (χ0n) is 18.5. The first-order valence-electron chi connectivity index (χ1n) is 11.3. The summed E-state index contributed by atoms with van der Waals surface area (Å²) in [5.74, 6) is -0.171. The summed E-state index contributed by atoms with van der Waals surface area (Å²) in [7, 11) is 0. The monoisotopic (exact) mass is 438 g/mol. The third kappa shape index (κ3) is 3.28. The number of rotatable bonds is 5. The predicted molar refractivity (Wildman–Crippen MR) is 139 cm³/mol. The SMILES string of the molecule is C1=NC(c2ccccc2)(n2c(-c3ccccc3)nc(-c3ccccc3)c2-c2ccccc2)N=C1. The van der Waals surface area contributed by atoms with Crippen LogP contribution in [0.4, 0.5) is 0 Å². The molecule has 4 aromatic carbocycles. The molecule has 5 aromatic rings. The summed E-state index contributed by atoms with van der Waals surface area (Å²) in [5, 5.41) is 0. The lowest BCUT2D eigenvalue weighted by atomic mass is 10.0. The van der Waals surface area contributed by atoms with Gasteiger partial charge in [0.15, 0.2) is 0 Å². The summed E-state index contributed by atoms with van der Waals surface area (Å²) < 4.78 is 2.19. The van der Waals surface area contributed by atoms with Gasteiger partial charge in [0.2, 0.25) is 0 Å². The highest BCUT2D eigenvalue weighted by Crippen LogP contribution is 2.44. The molecule has 1 aliphatic rings. The standard InChI is InChI=1S/C30H22N4/c1-5-13-23(14-6-1)27-28(24-15-7-2-8-16-24)34(29(33-27)25-17-9-3-10-18-25)30(31-21-22-32-30)26-19-11-4-12-20-26/h1-22H. The Morgan fingerprint density at radius 1 is 0.500 bits per heavy atom. The van der Waals surface area contributed by atoms with Crippen molar-refractivity contribution in [1.29, 1.82) is 0 Å². The van der Waals surface area contributed by atoms with Crippen LogP contribution >= 0.6 is 0 Å². The van der Waals surface area contributed by atoms with Crippen LogP contribution < -0.4 is 0 Å². The summed E-state index contributed by atoms with van der Waals surface area (Å²) in [6.45, 7) is 0. The van der Waals surface area contributed by atoms with Crippen molar-refractivity contribution >= 4 is 12.4 Å². The fraction of sp³-hybridized carbons (Fsp3) is 0.0333. The number of imidazole rings is 1. The Bertz CT molecular complexity index is 1460. The lowest BCUT2D eigenvalue weighted by molar-refractivity contribution is 0.410. The normalized spacial score (nSPS) is 13.9. The summed E-state index contributed by atoms with van der Waals surface area (Å²) in [4.78, 5) is 15.2. The van der Waals surface area contributed by atoms with Crippen molar-refractivity contribution in [3.05, 3.63) is 127 Å². The van der Waals surface area contributed by atoms with E-state index in [2.05, 4.69) is 65.2 Å². The average molecular weight is 439 g/mol. The van der Waals surface area contributed by atoms with E-state index in [9.17, 15) is 0 Å². The lowest BCUT2D eigenvalue weighted by Gasteiger charge is -2.29. The second kappa shape index (κ2) is 8.41. The molecule has 6 rings (SSSR count). The molecule has 0 saturated heterocycles. The fourth-order valence-electron chi connectivity index (χ4n) is 4.53. The van der Waals surface area contributed by atoms with Crippen LogP contribution in [0.25, 0.3) is 33.9 Å². The van der Waals surface area contributed by atoms with Crippen LogP contribution in [0.5, 0.6) is 0 Å². The van der Waals surface area contributed by atoms with E-state index < -0.39 is 5.79 Å². The Balaban J connectivity index is 1.76. The van der Waals surface area contributed by atoms with Gasteiger partial charge < -0.3 is 0 Å². The summed E-state index contributed by atoms with van der Waals surface area (Å²) in [5.41, 5.74) is 5.97. The molecule has 0 atom stereocenters. The quantitative estimate of drug-likeness (QED) is 0.301. The first kappa shape index (κ1) is 20.1. The second-order valence-corrected chi connectivity index (χ2v) is 8.12. The number of hydrogen-bond acceptors (Lipinski definition) is 3. The number of aliphatic imine (C=N–C) groups is 2. The molecule has 0 unspecified atom stereocenters. The van der Waals surface area contributed by atoms with Crippen molar-refractivity contribution in [2.75, 3.05) is 0 Å². The van der Waals surface area contributed by atoms with Crippen molar-refractivity contribution in [2.24, 2.45) is 9.98 Å². The molecule has 0 aliphatic carbocycles. The van der Waals surface area contributed by atoms with Gasteiger partial charge in [-0.1, -0.05) is 121 Å². The van der Waals surface area contributed by atoms with Crippen LogP contribution in [0.2, 0.25) is 0 Å². The van der Waals surface area contributed by atoms with E-state index in [0.29, 0.717) is 0 Å². The number of benzene rings is 4. The Kier molecular flexibility index (Phi) is 4.96. The molecule has 2 heterocycles. The summed E-state index contributed by atoms with van der Waals surface area (Å²) >= 11 is 0. The van der Waals surface area contributed by atoms with Gasteiger partial charge in [-0.2, -0.15) is 0 Å². The number of nitrogens with zero attached hydrogens (tertiary/aromatic N) is 4. The maximum atomic E-state index is 5.26. The molecule has 1 aliphatic heterocycles. The smallest absolute Gasteiger partial charge is 0.260 e. The molecule has 0 fully saturated rings. The van der Waals surface area contributed by atoms with E-state index in [0.717, 1.165) is 39.5 Å². The van der Waals surface area contributed by atoms with Gasteiger partial charge in [0.25, 0.3) is 5.79 Å². The average Bonchev–Trinajstić information content (AvgIpc) is 3.57. The van der Waals surface area contributed by atoms with E-state index in [-0.39, 0.29) is 0 Å². The van der Waals surface area contributed by atoms with Crippen LogP contribution in [0.15, 0.2) is 131 Å². The van der Waals surface area contributed by atoms with Crippen LogP contribution in [0.1, 0.15) is 5.56 Å². The predicted octanol–water partition coefficient (Wildman–Crippen LogP) is 6.70. The highest BCUT2D eigenvalue weighted by molar-refractivity contribution is 6.17. The Hall–Kier alpha value is -4.57. The molecule has 4 nitrogen and oxygen atoms in total. The third-order valence-electron chi connectivity index (χ3n) is 6.05. The van der Waals surface area contributed by atoms with Gasteiger partial charge in [-0.05, 0) is 0 Å². The van der Waals surface area contributed by atoms with Crippen LogP contribution in [0.3, 0.4) is 0 Å². The van der Waals surface area contributed by atoms with Gasteiger partial charge >= 0.3 is 0 Å². The summed E-state index contributed by atoms with van der Waals surface area (Å²) in [6, 6.07) is 41.2. The Morgan fingerprint density at radius 3 is 1.53 bits per heavy atom. The molecule has 0 saturated carbocycles. The van der Waals surface area contributed by atoms with Crippen LogP contribution in [0, 0.1) is 0 Å². The van der Waals surface area contributed by atoms with E-state index >= 15 is 0 Å². The maximum absolute atomic E-state index is 5.26. The van der Waals surface area contributed by atoms with E-state index in [4.69, 9.17) is 15.0 Å². The highest BCUT2D eigenvalue weighted by atomic mass is 15.4. The lowest BCUT2D eigenvalue weighted by Crippen LogP contribution is -2.30. The summed E-state index contributed by atoms with van der Waals surface area (Å²) in [6.07, 6.45) is 3.55. The van der Waals surface area contributed by atoms with Gasteiger partial charge in [0.05, 0.1) is 11.4 Å². The zero-order chi connectivity index (χ0) is 22.8. The van der Waals surface area contributed by atoms with Crippen molar-refractivity contribution in [3.8, 4) is 33.9 Å². The number of hydrogen-bond donors (Lipinski definition) is 0. The van der Waals surface area contributed by atoms with Crippen molar-refractivity contribution in [3.63, 3.8) is 0 Å². The molecular weight excluding hydrogens is 416 g/mol. The first-order chi connectivity index (χ1) is 16.9. The minimum Gasteiger partial charge on any atom is -0.275 e. The highest BCUT2D eigenvalue weighted by Gasteiger charge is 2.40.